The highest BCUT2D eigenvalue weighted by Crippen LogP contribution is 2.41. The third-order valence-electron chi connectivity index (χ3n) is 6.45. The highest BCUT2D eigenvalue weighted by atomic mass is 28.4. The molecule has 0 heterocycles. The van der Waals surface area contributed by atoms with Crippen molar-refractivity contribution in [3.8, 4) is 0 Å². The summed E-state index contributed by atoms with van der Waals surface area (Å²) in [5.41, 5.74) is 8.20. The average Bonchev–Trinajstić information content (AvgIpc) is 2.57. The molecule has 0 aromatic heterocycles. The zero-order valence-corrected chi connectivity index (χ0v) is 25.3. The molecule has 0 unspecified atom stereocenters. The van der Waals surface area contributed by atoms with Crippen molar-refractivity contribution >= 4 is 28.7 Å². The molecule has 10 nitrogen and oxygen atoms in total. The normalized spacial score (nSPS) is 16.1. The van der Waals surface area contributed by atoms with Gasteiger partial charge in [-0.15, -0.1) is 0 Å². The minimum Gasteiger partial charge on any atom is -0.480 e. The van der Waals surface area contributed by atoms with Crippen molar-refractivity contribution in [2.75, 3.05) is 6.54 Å². The molecule has 0 saturated heterocycles. The highest BCUT2D eigenvalue weighted by Gasteiger charge is 2.48. The number of rotatable bonds is 10. The van der Waals surface area contributed by atoms with Crippen LogP contribution in [0.2, 0.25) is 36.3 Å². The van der Waals surface area contributed by atoms with Crippen LogP contribution in [0.25, 0.3) is 10.4 Å². The van der Waals surface area contributed by atoms with Gasteiger partial charge in [-0.3, -0.25) is 0 Å². The summed E-state index contributed by atoms with van der Waals surface area (Å²) in [7, 11) is -5.00. The molecule has 0 saturated carbocycles. The molecule has 12 heteroatoms. The van der Waals surface area contributed by atoms with Crippen molar-refractivity contribution in [3.05, 3.63) is 10.4 Å². The van der Waals surface area contributed by atoms with E-state index < -0.39 is 52.5 Å². The first-order valence-electron chi connectivity index (χ1n) is 11.5. The number of carbonyl (C=O) groups excluding carboxylic acids is 1. The van der Waals surface area contributed by atoms with E-state index in [4.69, 9.17) is 19.1 Å². The van der Waals surface area contributed by atoms with Crippen molar-refractivity contribution < 1.29 is 28.3 Å². The van der Waals surface area contributed by atoms with Gasteiger partial charge in [-0.05, 0) is 62.6 Å². The highest BCUT2D eigenvalue weighted by molar-refractivity contribution is 6.74. The van der Waals surface area contributed by atoms with Gasteiger partial charge in [0.2, 0.25) is 0 Å². The number of ether oxygens (including phenoxy) is 1. The van der Waals surface area contributed by atoms with Crippen LogP contribution in [0.5, 0.6) is 0 Å². The molecule has 0 rings (SSSR count). The number of aliphatic carboxylic acids is 1. The molecule has 0 radical (unpaired) electrons. The number of carbonyl (C=O) groups is 2. The Bertz CT molecular complexity index is 763. The molecule has 0 fully saturated rings. The molecule has 3 atom stereocenters. The lowest BCUT2D eigenvalue weighted by atomic mass is 10.1. The number of carboxylic acids is 1. The van der Waals surface area contributed by atoms with E-state index in [0.717, 1.165) is 0 Å². The molecule has 2 N–H and O–H groups in total. The van der Waals surface area contributed by atoms with Crippen LogP contribution in [0.4, 0.5) is 4.79 Å². The topological polar surface area (TPSA) is 143 Å². The molecule has 0 aliphatic rings. The van der Waals surface area contributed by atoms with Gasteiger partial charge in [0, 0.05) is 4.91 Å². The molecule has 34 heavy (non-hydrogen) atoms. The minimum absolute atomic E-state index is 0.137. The maximum Gasteiger partial charge on any atom is 0.408 e. The molecular weight excluding hydrogens is 472 g/mol. The summed E-state index contributed by atoms with van der Waals surface area (Å²) >= 11 is 0. The van der Waals surface area contributed by atoms with Gasteiger partial charge in [0.25, 0.3) is 0 Å². The number of hydrogen-bond acceptors (Lipinski definition) is 6. The van der Waals surface area contributed by atoms with E-state index in [0.29, 0.717) is 0 Å². The number of nitrogens with zero attached hydrogens (tertiary/aromatic N) is 3. The van der Waals surface area contributed by atoms with Gasteiger partial charge >= 0.3 is 12.1 Å². The van der Waals surface area contributed by atoms with Crippen LogP contribution in [0.1, 0.15) is 62.3 Å². The second-order valence-electron chi connectivity index (χ2n) is 12.6. The van der Waals surface area contributed by atoms with Crippen LogP contribution in [0.15, 0.2) is 5.11 Å². The lowest BCUT2D eigenvalue weighted by Crippen LogP contribution is -2.62. The van der Waals surface area contributed by atoms with Gasteiger partial charge in [0.1, 0.15) is 11.7 Å². The number of alkyl carbamates (subject to hydrolysis) is 1. The Balaban J connectivity index is 6.61. The molecule has 1 amide bonds. The first-order chi connectivity index (χ1) is 14.9. The van der Waals surface area contributed by atoms with E-state index in [1.165, 1.54) is 0 Å². The third kappa shape index (κ3) is 9.95. The molecule has 0 bridgehead atoms. The fraction of sp³-hybridized carbons (Fsp3) is 0.909. The number of azide groups is 1. The van der Waals surface area contributed by atoms with E-state index in [2.05, 4.69) is 36.1 Å². The van der Waals surface area contributed by atoms with E-state index in [1.807, 2.05) is 47.0 Å². The van der Waals surface area contributed by atoms with E-state index in [-0.39, 0.29) is 16.6 Å². The molecular formula is C22H46N4O6Si2. The predicted molar refractivity (Wildman–Crippen MR) is 139 cm³/mol. The Hall–Kier alpha value is -1.60. The number of carboxylic acid groups (broad SMARTS) is 1. The zero-order chi connectivity index (χ0) is 27.3. The number of hydrogen-bond donors (Lipinski definition) is 2. The molecule has 0 aliphatic heterocycles. The van der Waals surface area contributed by atoms with Gasteiger partial charge < -0.3 is 24.0 Å². The lowest BCUT2D eigenvalue weighted by molar-refractivity contribution is -0.144. The summed E-state index contributed by atoms with van der Waals surface area (Å²) in [4.78, 5) is 27.9. The zero-order valence-electron chi connectivity index (χ0n) is 23.3. The Morgan fingerprint density at radius 3 is 1.74 bits per heavy atom. The quantitative estimate of drug-likeness (QED) is 0.156. The predicted octanol–water partition coefficient (Wildman–Crippen LogP) is 6.06. The third-order valence-corrected chi connectivity index (χ3v) is 15.4. The van der Waals surface area contributed by atoms with Crippen molar-refractivity contribution in [1.29, 1.82) is 0 Å². The van der Waals surface area contributed by atoms with Crippen molar-refractivity contribution in [2.45, 2.75) is 122 Å². The monoisotopic (exact) mass is 518 g/mol. The fourth-order valence-electron chi connectivity index (χ4n) is 2.47. The van der Waals surface area contributed by atoms with Crippen LogP contribution in [-0.2, 0) is 18.4 Å². The van der Waals surface area contributed by atoms with Crippen LogP contribution in [-0.4, -0.2) is 64.2 Å². The minimum atomic E-state index is -2.55. The largest absolute Gasteiger partial charge is 0.480 e. The molecule has 0 aliphatic carbocycles. The maximum atomic E-state index is 12.6. The lowest BCUT2D eigenvalue weighted by Gasteiger charge is -2.46. The standard InChI is InChI=1S/C22H46N4O6Si2/c1-20(2,3)30-19(29)25-16(18(27)28)17(32-34(12,13)22(7,8)9)15(14-24-26-23)31-33(10,11)21(4,5)6/h15-17H,14H2,1-13H3,(H,25,29)(H,27,28)/t15-,16-,17-/m0/s1. The average molecular weight is 519 g/mol. The van der Waals surface area contributed by atoms with Crippen LogP contribution >= 0.6 is 0 Å². The summed E-state index contributed by atoms with van der Waals surface area (Å²) in [6.07, 6.45) is -2.87. The van der Waals surface area contributed by atoms with Crippen molar-refractivity contribution in [1.82, 2.24) is 5.32 Å². The Labute approximate surface area is 207 Å². The summed E-state index contributed by atoms with van der Waals surface area (Å²) in [5.74, 6) is -1.29. The van der Waals surface area contributed by atoms with Gasteiger partial charge in [0.15, 0.2) is 22.7 Å². The van der Waals surface area contributed by atoms with Gasteiger partial charge in [-0.1, -0.05) is 46.7 Å². The van der Waals surface area contributed by atoms with Gasteiger partial charge in [-0.2, -0.15) is 0 Å². The fourth-order valence-corrected chi connectivity index (χ4v) is 5.12. The maximum absolute atomic E-state index is 12.6. The second-order valence-corrected chi connectivity index (χ2v) is 22.1. The van der Waals surface area contributed by atoms with E-state index in [1.54, 1.807) is 20.8 Å². The Morgan fingerprint density at radius 2 is 1.38 bits per heavy atom. The molecule has 0 aromatic rings. The first-order valence-corrected chi connectivity index (χ1v) is 17.4. The van der Waals surface area contributed by atoms with E-state index in [9.17, 15) is 14.7 Å². The summed E-state index contributed by atoms with van der Waals surface area (Å²) in [6, 6.07) is -1.48. The summed E-state index contributed by atoms with van der Waals surface area (Å²) in [5, 5.41) is 15.9. The van der Waals surface area contributed by atoms with E-state index >= 15 is 0 Å². The summed E-state index contributed by atoms with van der Waals surface area (Å²) < 4.78 is 18.4. The SMILES string of the molecule is CC(C)(C)OC(=O)N[C@H](C(=O)O)[C@@H](O[Si](C)(C)C(C)(C)C)[C@H](CN=[N+]=[N-])O[Si](C)(C)C(C)(C)C. The second kappa shape index (κ2) is 11.4. The number of amides is 1. The van der Waals surface area contributed by atoms with Crippen molar-refractivity contribution in [3.63, 3.8) is 0 Å². The molecule has 0 aromatic carbocycles. The van der Waals surface area contributed by atoms with Gasteiger partial charge in [0.05, 0.1) is 12.6 Å². The van der Waals surface area contributed by atoms with Crippen LogP contribution in [0, 0.1) is 0 Å². The van der Waals surface area contributed by atoms with Crippen LogP contribution in [0.3, 0.4) is 0 Å². The van der Waals surface area contributed by atoms with Gasteiger partial charge in [-0.25, -0.2) is 9.59 Å². The Morgan fingerprint density at radius 1 is 0.941 bits per heavy atom. The molecule has 0 spiro atoms. The Kier molecular flexibility index (Phi) is 10.9. The first kappa shape index (κ1) is 32.4. The number of nitrogens with one attached hydrogen (secondary N) is 1. The molecule has 198 valence electrons. The summed E-state index contributed by atoms with van der Waals surface area (Å²) in [6.45, 7) is 25.2. The van der Waals surface area contributed by atoms with Crippen LogP contribution < -0.4 is 5.32 Å². The van der Waals surface area contributed by atoms with Crippen molar-refractivity contribution in [2.24, 2.45) is 5.11 Å². The smallest absolute Gasteiger partial charge is 0.408 e.